The molecule has 9 heavy (non-hydrogen) atoms. The Kier molecular flexibility index (Phi) is 3.79. The normalized spacial score (nSPS) is 9.33. The zero-order valence-electron chi connectivity index (χ0n) is 5.51. The summed E-state index contributed by atoms with van der Waals surface area (Å²) in [4.78, 5) is 10.3. The first-order chi connectivity index (χ1) is 4.16. The van der Waals surface area contributed by atoms with E-state index in [-0.39, 0.29) is 6.10 Å². The van der Waals surface area contributed by atoms with Crippen LogP contribution >= 0.6 is 0 Å². The Bertz CT molecular complexity index is 92.2. The molecular weight excluding hydrogens is 122 g/mol. The number of carbonyl (C=O) groups is 1. The lowest BCUT2D eigenvalue weighted by Gasteiger charge is -2.05. The largest absolute Gasteiger partial charge is 0.447 e. The van der Waals surface area contributed by atoms with E-state index in [1.165, 1.54) is 0 Å². The molecule has 0 fully saturated rings. The Morgan fingerprint density at radius 2 is 2.22 bits per heavy atom. The summed E-state index contributed by atoms with van der Waals surface area (Å²) in [5, 5.41) is 11.7. The van der Waals surface area contributed by atoms with Crippen LogP contribution in [0.15, 0.2) is 0 Å². The van der Waals surface area contributed by atoms with Gasteiger partial charge in [-0.2, -0.15) is 0 Å². The smallest absolute Gasteiger partial charge is 0.409 e. The van der Waals surface area contributed by atoms with Gasteiger partial charge in [0.2, 0.25) is 0 Å². The molecule has 0 aromatic heterocycles. The third-order valence-electron chi connectivity index (χ3n) is 0.559. The van der Waals surface area contributed by atoms with Gasteiger partial charge in [-0.3, -0.25) is 5.32 Å². The molecule has 53 valence electrons. The van der Waals surface area contributed by atoms with Gasteiger partial charge in [0.1, 0.15) is 0 Å². The van der Waals surface area contributed by atoms with Crippen LogP contribution in [0.1, 0.15) is 13.8 Å². The van der Waals surface area contributed by atoms with Crippen molar-refractivity contribution >= 4 is 6.09 Å². The zero-order chi connectivity index (χ0) is 7.28. The Hall–Kier alpha value is -0.770. The lowest BCUT2D eigenvalue weighted by Crippen LogP contribution is -2.26. The molecule has 0 aromatic carbocycles. The second-order valence-corrected chi connectivity index (χ2v) is 1.78. The minimum Gasteiger partial charge on any atom is -0.447 e. The fourth-order valence-electron chi connectivity index (χ4n) is 0.315. The van der Waals surface area contributed by atoms with Crippen LogP contribution < -0.4 is 5.32 Å². The predicted molar refractivity (Wildman–Crippen MR) is 30.3 cm³/mol. The first kappa shape index (κ1) is 8.23. The molecule has 0 bridgehead atoms. The molecule has 0 saturated heterocycles. The molecular formula is C5H10NO3. The van der Waals surface area contributed by atoms with Crippen LogP contribution in [0.3, 0.4) is 0 Å². The molecule has 4 heteroatoms. The van der Waals surface area contributed by atoms with E-state index in [0.29, 0.717) is 0 Å². The van der Waals surface area contributed by atoms with E-state index in [9.17, 15) is 9.90 Å². The van der Waals surface area contributed by atoms with Crippen LogP contribution in [0, 0.1) is 0 Å². The molecule has 0 heterocycles. The van der Waals surface area contributed by atoms with Gasteiger partial charge in [0.25, 0.3) is 0 Å². The predicted octanol–water partition coefficient (Wildman–Crippen LogP) is 0.509. The summed E-state index contributed by atoms with van der Waals surface area (Å²) >= 11 is 0. The SMILES string of the molecule is CC(C)OC(=O)NC[O]. The number of rotatable bonds is 2. The molecule has 4 nitrogen and oxygen atoms in total. The first-order valence-electron chi connectivity index (χ1n) is 2.69. The van der Waals surface area contributed by atoms with Crippen LogP contribution in [-0.4, -0.2) is 18.9 Å². The quantitative estimate of drug-likeness (QED) is 0.556. The molecule has 0 aromatic rings. The van der Waals surface area contributed by atoms with Crippen molar-refractivity contribution in [1.82, 2.24) is 5.32 Å². The second-order valence-electron chi connectivity index (χ2n) is 1.78. The van der Waals surface area contributed by atoms with Gasteiger partial charge in [-0.15, -0.1) is 0 Å². The standard InChI is InChI=1S/C5H10NO3/c1-4(2)9-5(8)6-3-7/h4H,3H2,1-2H3,(H,6,8). The van der Waals surface area contributed by atoms with Crippen LogP contribution in [0.5, 0.6) is 0 Å². The van der Waals surface area contributed by atoms with Crippen molar-refractivity contribution in [3.63, 3.8) is 0 Å². The topological polar surface area (TPSA) is 58.2 Å². The van der Waals surface area contributed by atoms with Crippen LogP contribution in [0.25, 0.3) is 0 Å². The van der Waals surface area contributed by atoms with Crippen molar-refractivity contribution < 1.29 is 14.6 Å². The molecule has 0 rings (SSSR count). The average Bonchev–Trinajstić information content (AvgIpc) is 1.63. The summed E-state index contributed by atoms with van der Waals surface area (Å²) < 4.78 is 4.54. The van der Waals surface area contributed by atoms with Crippen molar-refractivity contribution in [2.24, 2.45) is 0 Å². The number of hydrogen-bond acceptors (Lipinski definition) is 2. The maximum atomic E-state index is 10.3. The molecule has 0 aliphatic heterocycles. The van der Waals surface area contributed by atoms with Crippen LogP contribution in [0.2, 0.25) is 0 Å². The van der Waals surface area contributed by atoms with E-state index in [0.717, 1.165) is 0 Å². The summed E-state index contributed by atoms with van der Waals surface area (Å²) in [5.74, 6) is 0. The minimum absolute atomic E-state index is 0.170. The highest BCUT2D eigenvalue weighted by atomic mass is 16.6. The third kappa shape index (κ3) is 5.10. The molecule has 0 aliphatic rings. The fourth-order valence-corrected chi connectivity index (χ4v) is 0.315. The maximum absolute atomic E-state index is 10.3. The van der Waals surface area contributed by atoms with Crippen molar-refractivity contribution in [3.05, 3.63) is 0 Å². The highest BCUT2D eigenvalue weighted by Crippen LogP contribution is 1.86. The van der Waals surface area contributed by atoms with Crippen molar-refractivity contribution in [1.29, 1.82) is 0 Å². The number of alkyl carbamates (subject to hydrolysis) is 1. The van der Waals surface area contributed by atoms with Gasteiger partial charge in [-0.25, -0.2) is 9.90 Å². The first-order valence-corrected chi connectivity index (χ1v) is 2.69. The summed E-state index contributed by atoms with van der Waals surface area (Å²) in [7, 11) is 0. The molecule has 1 radical (unpaired) electrons. The lowest BCUT2D eigenvalue weighted by molar-refractivity contribution is 0.0946. The summed E-state index contributed by atoms with van der Waals surface area (Å²) in [6, 6.07) is 0. The van der Waals surface area contributed by atoms with Gasteiger partial charge < -0.3 is 4.74 Å². The van der Waals surface area contributed by atoms with Crippen molar-refractivity contribution in [2.45, 2.75) is 20.0 Å². The Morgan fingerprint density at radius 3 is 2.56 bits per heavy atom. The summed E-state index contributed by atoms with van der Waals surface area (Å²) in [5.41, 5.74) is 0. The van der Waals surface area contributed by atoms with E-state index in [4.69, 9.17) is 0 Å². The fraction of sp³-hybridized carbons (Fsp3) is 0.800. The monoisotopic (exact) mass is 132 g/mol. The van der Waals surface area contributed by atoms with Crippen molar-refractivity contribution in [3.8, 4) is 0 Å². The molecule has 1 amide bonds. The highest BCUT2D eigenvalue weighted by Gasteiger charge is 2.01. The molecule has 0 aliphatic carbocycles. The van der Waals surface area contributed by atoms with Gasteiger partial charge in [-0.1, -0.05) is 0 Å². The molecule has 0 saturated carbocycles. The van der Waals surface area contributed by atoms with E-state index in [1.54, 1.807) is 13.8 Å². The lowest BCUT2D eigenvalue weighted by atomic mass is 10.5. The molecule has 0 unspecified atom stereocenters. The van der Waals surface area contributed by atoms with Gasteiger partial charge in [-0.05, 0) is 13.8 Å². The van der Waals surface area contributed by atoms with Gasteiger partial charge in [0.15, 0.2) is 6.73 Å². The Labute approximate surface area is 53.8 Å². The summed E-state index contributed by atoms with van der Waals surface area (Å²) in [6.07, 6.45) is -0.823. The van der Waals surface area contributed by atoms with Gasteiger partial charge in [0.05, 0.1) is 6.10 Å². The number of carbonyl (C=O) groups excluding carboxylic acids is 1. The molecule has 0 atom stereocenters. The Morgan fingerprint density at radius 1 is 1.67 bits per heavy atom. The number of hydrogen-bond donors (Lipinski definition) is 1. The van der Waals surface area contributed by atoms with Crippen LogP contribution in [0.4, 0.5) is 4.79 Å². The van der Waals surface area contributed by atoms with E-state index >= 15 is 0 Å². The van der Waals surface area contributed by atoms with Crippen molar-refractivity contribution in [2.75, 3.05) is 6.73 Å². The highest BCUT2D eigenvalue weighted by molar-refractivity contribution is 5.66. The second kappa shape index (κ2) is 4.14. The van der Waals surface area contributed by atoms with Gasteiger partial charge in [0, 0.05) is 0 Å². The third-order valence-corrected chi connectivity index (χ3v) is 0.559. The van der Waals surface area contributed by atoms with Crippen LogP contribution in [-0.2, 0) is 9.84 Å². The Balaban J connectivity index is 3.27. The van der Waals surface area contributed by atoms with E-state index < -0.39 is 12.8 Å². The maximum Gasteiger partial charge on any atom is 0.409 e. The van der Waals surface area contributed by atoms with E-state index in [1.807, 2.05) is 5.32 Å². The summed E-state index contributed by atoms with van der Waals surface area (Å²) in [6.45, 7) is 2.79. The number of nitrogens with one attached hydrogen (secondary N) is 1. The van der Waals surface area contributed by atoms with Gasteiger partial charge >= 0.3 is 6.09 Å². The zero-order valence-corrected chi connectivity index (χ0v) is 5.51. The average molecular weight is 132 g/mol. The molecule has 0 spiro atoms. The molecule has 1 N–H and O–H groups in total. The number of amides is 1. The van der Waals surface area contributed by atoms with E-state index in [2.05, 4.69) is 4.74 Å². The number of ether oxygens (including phenoxy) is 1. The minimum atomic E-state index is -0.653.